The lowest BCUT2D eigenvalue weighted by Crippen LogP contribution is -2.47. The molecule has 1 saturated carbocycles. The summed E-state index contributed by atoms with van der Waals surface area (Å²) in [5, 5.41) is 6.18. The van der Waals surface area contributed by atoms with Crippen LogP contribution in [0.15, 0.2) is 0 Å². The summed E-state index contributed by atoms with van der Waals surface area (Å²) in [6, 6.07) is 0.406. The first-order valence-corrected chi connectivity index (χ1v) is 7.11. The Balaban J connectivity index is 1.60. The molecule has 0 radical (unpaired) electrons. The first kappa shape index (κ1) is 14.3. The average molecular weight is 268 g/mol. The van der Waals surface area contributed by atoms with E-state index in [1.54, 1.807) is 0 Å². The monoisotopic (exact) mass is 268 g/mol. The first-order chi connectivity index (χ1) is 9.15. The van der Waals surface area contributed by atoms with E-state index in [4.69, 9.17) is 0 Å². The first-order valence-electron chi connectivity index (χ1n) is 7.11. The van der Waals surface area contributed by atoms with Gasteiger partial charge in [0.1, 0.15) is 0 Å². The number of likely N-dealkylation sites (N-methyl/N-ethyl adjacent to an activating group) is 1. The number of hydrogen-bond donors (Lipinski definition) is 2. The SMILES string of the molecule is CN(CCC(=O)N1CCNCC1)CC(=O)NC1CC1. The Hall–Kier alpha value is -1.14. The number of hydrogen-bond acceptors (Lipinski definition) is 4. The maximum atomic E-state index is 11.9. The molecule has 6 nitrogen and oxygen atoms in total. The minimum absolute atomic E-state index is 0.0691. The van der Waals surface area contributed by atoms with E-state index in [2.05, 4.69) is 10.6 Å². The van der Waals surface area contributed by atoms with E-state index in [1.165, 1.54) is 0 Å². The van der Waals surface area contributed by atoms with Crippen molar-refractivity contribution in [1.29, 1.82) is 0 Å². The molecule has 1 aliphatic heterocycles. The molecule has 1 aliphatic carbocycles. The molecule has 0 bridgehead atoms. The molecule has 2 rings (SSSR count). The summed E-state index contributed by atoms with van der Waals surface area (Å²) < 4.78 is 0. The highest BCUT2D eigenvalue weighted by Crippen LogP contribution is 2.18. The van der Waals surface area contributed by atoms with Gasteiger partial charge in [-0.05, 0) is 19.9 Å². The van der Waals surface area contributed by atoms with Crippen molar-refractivity contribution in [3.63, 3.8) is 0 Å². The van der Waals surface area contributed by atoms with Gasteiger partial charge in [0.15, 0.2) is 0 Å². The van der Waals surface area contributed by atoms with Gasteiger partial charge in [0.2, 0.25) is 11.8 Å². The molecule has 19 heavy (non-hydrogen) atoms. The van der Waals surface area contributed by atoms with Gasteiger partial charge in [0, 0.05) is 45.2 Å². The summed E-state index contributed by atoms with van der Waals surface area (Å²) in [6.45, 7) is 4.37. The second kappa shape index (κ2) is 6.86. The third-order valence-electron chi connectivity index (χ3n) is 3.53. The lowest BCUT2D eigenvalue weighted by molar-refractivity contribution is -0.132. The Morgan fingerprint density at radius 1 is 1.32 bits per heavy atom. The van der Waals surface area contributed by atoms with Crippen molar-refractivity contribution in [3.8, 4) is 0 Å². The topological polar surface area (TPSA) is 64.7 Å². The molecule has 6 heteroatoms. The molecule has 0 atom stereocenters. The molecule has 0 aromatic carbocycles. The lowest BCUT2D eigenvalue weighted by Gasteiger charge is -2.28. The summed E-state index contributed by atoms with van der Waals surface area (Å²) in [5.41, 5.74) is 0. The average Bonchev–Trinajstić information content (AvgIpc) is 3.20. The number of carbonyl (C=O) groups excluding carboxylic acids is 2. The standard InChI is InChI=1S/C13H24N4O2/c1-16(10-12(18)15-11-2-3-11)7-4-13(19)17-8-5-14-6-9-17/h11,14H,2-10H2,1H3,(H,15,18). The van der Waals surface area contributed by atoms with Crippen LogP contribution in [0, 0.1) is 0 Å². The van der Waals surface area contributed by atoms with Crippen LogP contribution in [0.5, 0.6) is 0 Å². The van der Waals surface area contributed by atoms with Crippen LogP contribution in [0.4, 0.5) is 0 Å². The van der Waals surface area contributed by atoms with Crippen molar-refractivity contribution in [2.24, 2.45) is 0 Å². The van der Waals surface area contributed by atoms with Gasteiger partial charge in [-0.2, -0.15) is 0 Å². The number of carbonyl (C=O) groups is 2. The van der Waals surface area contributed by atoms with Crippen LogP contribution in [-0.2, 0) is 9.59 Å². The minimum atomic E-state index is 0.0691. The number of nitrogens with zero attached hydrogens (tertiary/aromatic N) is 2. The van der Waals surface area contributed by atoms with Crippen LogP contribution in [0.3, 0.4) is 0 Å². The third-order valence-corrected chi connectivity index (χ3v) is 3.53. The van der Waals surface area contributed by atoms with Crippen molar-refractivity contribution in [3.05, 3.63) is 0 Å². The summed E-state index contributed by atoms with van der Waals surface area (Å²) in [4.78, 5) is 27.4. The van der Waals surface area contributed by atoms with E-state index >= 15 is 0 Å². The van der Waals surface area contributed by atoms with Crippen molar-refractivity contribution < 1.29 is 9.59 Å². The zero-order valence-electron chi connectivity index (χ0n) is 11.7. The van der Waals surface area contributed by atoms with Gasteiger partial charge >= 0.3 is 0 Å². The fourth-order valence-corrected chi connectivity index (χ4v) is 2.18. The van der Waals surface area contributed by atoms with Gasteiger partial charge in [-0.15, -0.1) is 0 Å². The predicted octanol–water partition coefficient (Wildman–Crippen LogP) is -0.981. The molecule has 1 heterocycles. The Morgan fingerprint density at radius 3 is 2.63 bits per heavy atom. The fraction of sp³-hybridized carbons (Fsp3) is 0.846. The maximum Gasteiger partial charge on any atom is 0.234 e. The summed E-state index contributed by atoms with van der Waals surface area (Å²) in [7, 11) is 1.89. The zero-order chi connectivity index (χ0) is 13.7. The van der Waals surface area contributed by atoms with Gasteiger partial charge in [-0.1, -0.05) is 0 Å². The molecule has 108 valence electrons. The minimum Gasteiger partial charge on any atom is -0.352 e. The fourth-order valence-electron chi connectivity index (χ4n) is 2.18. The summed E-state index contributed by atoms with van der Waals surface area (Å²) in [5.74, 6) is 0.260. The highest BCUT2D eigenvalue weighted by atomic mass is 16.2. The Labute approximate surface area is 114 Å². The lowest BCUT2D eigenvalue weighted by atomic mass is 10.3. The molecule has 2 amide bonds. The quantitative estimate of drug-likeness (QED) is 0.650. The number of piperazine rings is 1. The Kier molecular flexibility index (Phi) is 5.15. The third kappa shape index (κ3) is 5.16. The number of rotatable bonds is 6. The van der Waals surface area contributed by atoms with E-state index in [1.807, 2.05) is 16.8 Å². The smallest absolute Gasteiger partial charge is 0.234 e. The van der Waals surface area contributed by atoms with Crippen molar-refractivity contribution in [1.82, 2.24) is 20.4 Å². The van der Waals surface area contributed by atoms with Crippen LogP contribution in [0.25, 0.3) is 0 Å². The van der Waals surface area contributed by atoms with Gasteiger partial charge in [-0.3, -0.25) is 14.5 Å². The molecule has 2 fully saturated rings. The van der Waals surface area contributed by atoms with Crippen LogP contribution >= 0.6 is 0 Å². The highest BCUT2D eigenvalue weighted by Gasteiger charge is 2.23. The molecule has 0 unspecified atom stereocenters. The number of nitrogens with one attached hydrogen (secondary N) is 2. The van der Waals surface area contributed by atoms with Crippen LogP contribution in [0.2, 0.25) is 0 Å². The van der Waals surface area contributed by atoms with Gasteiger partial charge in [0.25, 0.3) is 0 Å². The second-order valence-electron chi connectivity index (χ2n) is 5.46. The van der Waals surface area contributed by atoms with E-state index in [-0.39, 0.29) is 11.8 Å². The van der Waals surface area contributed by atoms with Crippen molar-refractivity contribution >= 4 is 11.8 Å². The van der Waals surface area contributed by atoms with Crippen LogP contribution in [0.1, 0.15) is 19.3 Å². The molecular formula is C13H24N4O2. The molecule has 2 N–H and O–H groups in total. The summed E-state index contributed by atoms with van der Waals surface area (Å²) >= 11 is 0. The Morgan fingerprint density at radius 2 is 2.00 bits per heavy atom. The van der Waals surface area contributed by atoms with E-state index in [0.29, 0.717) is 25.6 Å². The van der Waals surface area contributed by atoms with Crippen LogP contribution < -0.4 is 10.6 Å². The number of amides is 2. The Bertz CT molecular complexity index is 325. The summed E-state index contributed by atoms with van der Waals surface area (Å²) in [6.07, 6.45) is 2.71. The van der Waals surface area contributed by atoms with Gasteiger partial charge in [-0.25, -0.2) is 0 Å². The van der Waals surface area contributed by atoms with Crippen molar-refractivity contribution in [2.45, 2.75) is 25.3 Å². The van der Waals surface area contributed by atoms with Gasteiger partial charge < -0.3 is 15.5 Å². The molecule has 1 saturated heterocycles. The maximum absolute atomic E-state index is 11.9. The molecule has 0 aromatic rings. The van der Waals surface area contributed by atoms with E-state index < -0.39 is 0 Å². The molecule has 2 aliphatic rings. The van der Waals surface area contributed by atoms with Crippen LogP contribution in [-0.4, -0.2) is 74.0 Å². The molecule has 0 aromatic heterocycles. The van der Waals surface area contributed by atoms with Gasteiger partial charge in [0.05, 0.1) is 6.54 Å². The highest BCUT2D eigenvalue weighted by molar-refractivity contribution is 5.79. The van der Waals surface area contributed by atoms with E-state index in [9.17, 15) is 9.59 Å². The predicted molar refractivity (Wildman–Crippen MR) is 72.7 cm³/mol. The van der Waals surface area contributed by atoms with E-state index in [0.717, 1.165) is 39.0 Å². The van der Waals surface area contributed by atoms with Crippen molar-refractivity contribution in [2.75, 3.05) is 46.3 Å². The second-order valence-corrected chi connectivity index (χ2v) is 5.46. The molecule has 0 spiro atoms. The largest absolute Gasteiger partial charge is 0.352 e. The zero-order valence-corrected chi connectivity index (χ0v) is 11.7. The molecular weight excluding hydrogens is 244 g/mol. The normalized spacial score (nSPS) is 19.6.